The summed E-state index contributed by atoms with van der Waals surface area (Å²) in [4.78, 5) is 2.35. The van der Waals surface area contributed by atoms with E-state index in [0.717, 1.165) is 12.2 Å². The fraction of sp³-hybridized carbons (Fsp3) is 0.500. The first kappa shape index (κ1) is 12.4. The van der Waals surface area contributed by atoms with Gasteiger partial charge in [0.1, 0.15) is 0 Å². The Morgan fingerprint density at radius 3 is 2.80 bits per heavy atom. The molecule has 0 spiro atoms. The van der Waals surface area contributed by atoms with E-state index in [1.165, 1.54) is 11.3 Å². The van der Waals surface area contributed by atoms with Gasteiger partial charge in [0.25, 0.3) is 0 Å². The van der Waals surface area contributed by atoms with Gasteiger partial charge in [0.05, 0.1) is 0 Å². The minimum absolute atomic E-state index is 0.599. The normalized spacial score (nSPS) is 13.1. The first-order valence-corrected chi connectivity index (χ1v) is 6.56. The Morgan fingerprint density at radius 1 is 1.47 bits per heavy atom. The number of nitrogen functional groups attached to an aromatic ring is 1. The predicted octanol–water partition coefficient (Wildman–Crippen LogP) is 2.45. The Kier molecular flexibility index (Phi) is 4.99. The molecule has 1 rings (SSSR count). The second-order valence-electron chi connectivity index (χ2n) is 3.96. The third-order valence-corrected chi connectivity index (χ3v) is 3.36. The summed E-state index contributed by atoms with van der Waals surface area (Å²) in [6, 6.07) is 8.70. The summed E-state index contributed by atoms with van der Waals surface area (Å²) in [6.45, 7) is 3.22. The van der Waals surface area contributed by atoms with E-state index < -0.39 is 0 Å². The van der Waals surface area contributed by atoms with Crippen molar-refractivity contribution in [3.8, 4) is 0 Å². The lowest BCUT2D eigenvalue weighted by Gasteiger charge is -2.24. The monoisotopic (exact) mass is 224 g/mol. The van der Waals surface area contributed by atoms with Crippen molar-refractivity contribution in [1.29, 1.82) is 0 Å². The Bertz CT molecular complexity index is 301. The highest BCUT2D eigenvalue weighted by Crippen LogP contribution is 2.11. The number of rotatable bonds is 5. The van der Waals surface area contributed by atoms with Crippen LogP contribution in [0.4, 0.5) is 5.69 Å². The molecule has 0 amide bonds. The third kappa shape index (κ3) is 4.14. The molecule has 15 heavy (non-hydrogen) atoms. The van der Waals surface area contributed by atoms with Crippen LogP contribution in [0.25, 0.3) is 0 Å². The van der Waals surface area contributed by atoms with Gasteiger partial charge < -0.3 is 5.73 Å². The van der Waals surface area contributed by atoms with Gasteiger partial charge >= 0.3 is 0 Å². The Morgan fingerprint density at radius 2 is 2.20 bits per heavy atom. The van der Waals surface area contributed by atoms with Gasteiger partial charge in [-0.1, -0.05) is 12.1 Å². The number of nitrogens with two attached hydrogens (primary N) is 1. The number of nitrogens with zero attached hydrogens (tertiary/aromatic N) is 1. The van der Waals surface area contributed by atoms with Gasteiger partial charge in [0.15, 0.2) is 0 Å². The fourth-order valence-electron chi connectivity index (χ4n) is 1.50. The molecule has 0 aliphatic carbocycles. The highest BCUT2D eigenvalue weighted by Gasteiger charge is 2.08. The molecule has 1 aromatic rings. The Balaban J connectivity index is 2.54. The number of hydrogen-bond donors (Lipinski definition) is 1. The molecule has 2 nitrogen and oxygen atoms in total. The van der Waals surface area contributed by atoms with Crippen molar-refractivity contribution >= 4 is 17.4 Å². The van der Waals surface area contributed by atoms with Crippen molar-refractivity contribution in [2.75, 3.05) is 24.8 Å². The maximum absolute atomic E-state index is 5.75. The largest absolute Gasteiger partial charge is 0.399 e. The molecule has 1 aromatic carbocycles. The van der Waals surface area contributed by atoms with E-state index in [2.05, 4.69) is 31.2 Å². The second-order valence-corrected chi connectivity index (χ2v) is 4.88. The molecular formula is C12H20N2S. The van der Waals surface area contributed by atoms with Crippen molar-refractivity contribution in [1.82, 2.24) is 4.90 Å². The van der Waals surface area contributed by atoms with Gasteiger partial charge in [0.2, 0.25) is 0 Å². The van der Waals surface area contributed by atoms with E-state index in [-0.39, 0.29) is 0 Å². The van der Waals surface area contributed by atoms with Crippen molar-refractivity contribution in [2.24, 2.45) is 0 Å². The van der Waals surface area contributed by atoms with Crippen LogP contribution in [0.1, 0.15) is 12.5 Å². The maximum atomic E-state index is 5.75. The molecule has 0 aromatic heterocycles. The number of hydrogen-bond acceptors (Lipinski definition) is 3. The Hall–Kier alpha value is -0.670. The SMILES string of the molecule is CSCC(C)N(C)Cc1cccc(N)c1. The van der Waals surface area contributed by atoms with Crippen LogP contribution < -0.4 is 5.73 Å². The molecule has 0 aliphatic heterocycles. The van der Waals surface area contributed by atoms with E-state index >= 15 is 0 Å². The van der Waals surface area contributed by atoms with Crippen LogP contribution >= 0.6 is 11.8 Å². The number of benzene rings is 1. The van der Waals surface area contributed by atoms with Crippen LogP contribution in [0.15, 0.2) is 24.3 Å². The summed E-state index contributed by atoms with van der Waals surface area (Å²) >= 11 is 1.89. The fourth-order valence-corrected chi connectivity index (χ4v) is 2.24. The van der Waals surface area contributed by atoms with E-state index in [9.17, 15) is 0 Å². The molecule has 0 bridgehead atoms. The first-order valence-electron chi connectivity index (χ1n) is 5.17. The standard InChI is InChI=1S/C12H20N2S/c1-10(9-15-3)14(2)8-11-5-4-6-12(13)7-11/h4-7,10H,8-9,13H2,1-3H3. The molecule has 0 heterocycles. The topological polar surface area (TPSA) is 29.3 Å². The molecular weight excluding hydrogens is 204 g/mol. The van der Waals surface area contributed by atoms with Gasteiger partial charge in [0, 0.05) is 24.0 Å². The zero-order valence-electron chi connectivity index (χ0n) is 9.73. The molecule has 0 saturated heterocycles. The highest BCUT2D eigenvalue weighted by atomic mass is 32.2. The molecule has 1 unspecified atom stereocenters. The summed E-state index contributed by atoms with van der Waals surface area (Å²) in [5.74, 6) is 1.17. The molecule has 0 radical (unpaired) electrons. The van der Waals surface area contributed by atoms with Gasteiger partial charge in [-0.3, -0.25) is 4.90 Å². The maximum Gasteiger partial charge on any atom is 0.0317 e. The van der Waals surface area contributed by atoms with Crippen molar-refractivity contribution in [3.63, 3.8) is 0 Å². The summed E-state index contributed by atoms with van der Waals surface area (Å²) in [6.07, 6.45) is 2.14. The second kappa shape index (κ2) is 6.03. The summed E-state index contributed by atoms with van der Waals surface area (Å²) in [5.41, 5.74) is 7.88. The molecule has 0 fully saturated rings. The molecule has 2 N–H and O–H groups in total. The van der Waals surface area contributed by atoms with Gasteiger partial charge in [-0.15, -0.1) is 0 Å². The number of thioether (sulfide) groups is 1. The molecule has 84 valence electrons. The van der Waals surface area contributed by atoms with E-state index in [4.69, 9.17) is 5.73 Å². The van der Waals surface area contributed by atoms with Gasteiger partial charge in [-0.05, 0) is 37.9 Å². The lowest BCUT2D eigenvalue weighted by molar-refractivity contribution is 0.270. The van der Waals surface area contributed by atoms with E-state index in [0.29, 0.717) is 6.04 Å². The van der Waals surface area contributed by atoms with Crippen LogP contribution in [-0.2, 0) is 6.54 Å². The predicted molar refractivity (Wildman–Crippen MR) is 70.2 cm³/mol. The highest BCUT2D eigenvalue weighted by molar-refractivity contribution is 7.98. The minimum Gasteiger partial charge on any atom is -0.399 e. The van der Waals surface area contributed by atoms with Crippen LogP contribution in [0, 0.1) is 0 Å². The lowest BCUT2D eigenvalue weighted by Crippen LogP contribution is -2.30. The molecule has 3 heteroatoms. The molecule has 0 aliphatic rings. The zero-order valence-corrected chi connectivity index (χ0v) is 10.6. The third-order valence-electron chi connectivity index (χ3n) is 2.54. The van der Waals surface area contributed by atoms with Crippen LogP contribution in [-0.4, -0.2) is 30.0 Å². The van der Waals surface area contributed by atoms with Crippen molar-refractivity contribution in [3.05, 3.63) is 29.8 Å². The van der Waals surface area contributed by atoms with Crippen LogP contribution in [0.5, 0.6) is 0 Å². The summed E-state index contributed by atoms with van der Waals surface area (Å²) in [5, 5.41) is 0. The average molecular weight is 224 g/mol. The molecule has 1 atom stereocenters. The number of anilines is 1. The zero-order chi connectivity index (χ0) is 11.3. The summed E-state index contributed by atoms with van der Waals surface area (Å²) < 4.78 is 0. The Labute approximate surface area is 96.8 Å². The minimum atomic E-state index is 0.599. The van der Waals surface area contributed by atoms with Crippen molar-refractivity contribution < 1.29 is 0 Å². The lowest BCUT2D eigenvalue weighted by atomic mass is 10.2. The van der Waals surface area contributed by atoms with Crippen LogP contribution in [0.3, 0.4) is 0 Å². The van der Waals surface area contributed by atoms with Crippen LogP contribution in [0.2, 0.25) is 0 Å². The molecule has 0 saturated carbocycles. The first-order chi connectivity index (χ1) is 7.13. The smallest absolute Gasteiger partial charge is 0.0317 e. The quantitative estimate of drug-likeness (QED) is 0.779. The van der Waals surface area contributed by atoms with Crippen molar-refractivity contribution in [2.45, 2.75) is 19.5 Å². The van der Waals surface area contributed by atoms with E-state index in [1.807, 2.05) is 30.0 Å². The summed E-state index contributed by atoms with van der Waals surface area (Å²) in [7, 11) is 2.16. The van der Waals surface area contributed by atoms with E-state index in [1.54, 1.807) is 0 Å². The van der Waals surface area contributed by atoms with Gasteiger partial charge in [-0.25, -0.2) is 0 Å². The van der Waals surface area contributed by atoms with Gasteiger partial charge in [-0.2, -0.15) is 11.8 Å². The average Bonchev–Trinajstić information content (AvgIpc) is 2.18.